The molecule has 10 heteroatoms. The molecular weight excluding hydrogens is 421 g/mol. The van der Waals surface area contributed by atoms with Gasteiger partial charge in [0.2, 0.25) is 11.8 Å². The molecule has 2 rings (SSSR count). The molecule has 0 spiro atoms. The third-order valence-electron chi connectivity index (χ3n) is 4.97. The van der Waals surface area contributed by atoms with Gasteiger partial charge in [0.05, 0.1) is 6.42 Å². The topological polar surface area (TPSA) is 61.4 Å². The van der Waals surface area contributed by atoms with Crippen molar-refractivity contribution in [3.63, 3.8) is 0 Å². The summed E-state index contributed by atoms with van der Waals surface area (Å²) < 4.78 is 62.5. The van der Waals surface area contributed by atoms with Gasteiger partial charge < -0.3 is 15.5 Å². The van der Waals surface area contributed by atoms with Crippen molar-refractivity contribution >= 4 is 17.9 Å². The lowest BCUT2D eigenvalue weighted by molar-refractivity contribution is -0.144. The second kappa shape index (κ2) is 11.8. The minimum Gasteiger partial charge on any atom is -0.355 e. The standard InChI is InChI=1S/C21H26F5N3O2/c22-17-11-16(12-18(23)13-17)1-2-19(30)28-14-15-4-8-29(9-5-15)10-7-27-20(31)3-6-21(24,25)26/h1-2,11-13,15H,3-10,14H2,(H,27,31)(H,28,30). The van der Waals surface area contributed by atoms with Crippen LogP contribution in [0.5, 0.6) is 0 Å². The molecular formula is C21H26F5N3O2. The van der Waals surface area contributed by atoms with Crippen LogP contribution in [0.2, 0.25) is 0 Å². The van der Waals surface area contributed by atoms with E-state index in [0.29, 0.717) is 19.6 Å². The average Bonchev–Trinajstić information content (AvgIpc) is 2.69. The predicted molar refractivity (Wildman–Crippen MR) is 106 cm³/mol. The maximum atomic E-state index is 13.1. The van der Waals surface area contributed by atoms with Gasteiger partial charge in [-0.25, -0.2) is 8.78 Å². The number of amides is 2. The summed E-state index contributed by atoms with van der Waals surface area (Å²) >= 11 is 0. The van der Waals surface area contributed by atoms with Crippen LogP contribution in [0.15, 0.2) is 24.3 Å². The van der Waals surface area contributed by atoms with Crippen molar-refractivity contribution in [2.45, 2.75) is 31.9 Å². The molecule has 2 amide bonds. The van der Waals surface area contributed by atoms with Gasteiger partial charge in [-0.2, -0.15) is 13.2 Å². The Hall–Kier alpha value is -2.49. The maximum Gasteiger partial charge on any atom is 0.389 e. The Labute approximate surface area is 177 Å². The molecule has 0 unspecified atom stereocenters. The van der Waals surface area contributed by atoms with E-state index in [1.54, 1.807) is 0 Å². The highest BCUT2D eigenvalue weighted by molar-refractivity contribution is 5.91. The summed E-state index contributed by atoms with van der Waals surface area (Å²) in [7, 11) is 0. The number of nitrogens with zero attached hydrogens (tertiary/aromatic N) is 1. The van der Waals surface area contributed by atoms with Crippen molar-refractivity contribution in [1.29, 1.82) is 0 Å². The number of piperidine rings is 1. The van der Waals surface area contributed by atoms with Crippen LogP contribution in [0.4, 0.5) is 22.0 Å². The molecule has 1 aliphatic heterocycles. The molecule has 0 aliphatic carbocycles. The number of carbonyl (C=O) groups is 2. The summed E-state index contributed by atoms with van der Waals surface area (Å²) in [6.45, 7) is 2.85. The van der Waals surface area contributed by atoms with Gasteiger partial charge in [0.25, 0.3) is 0 Å². The van der Waals surface area contributed by atoms with E-state index in [2.05, 4.69) is 15.5 Å². The smallest absolute Gasteiger partial charge is 0.355 e. The van der Waals surface area contributed by atoms with Gasteiger partial charge in [0.1, 0.15) is 11.6 Å². The molecule has 0 aromatic heterocycles. The molecule has 0 radical (unpaired) electrons. The van der Waals surface area contributed by atoms with E-state index < -0.39 is 36.6 Å². The summed E-state index contributed by atoms with van der Waals surface area (Å²) in [6.07, 6.45) is -1.78. The normalized spacial score (nSPS) is 15.9. The van der Waals surface area contributed by atoms with E-state index in [4.69, 9.17) is 0 Å². The maximum absolute atomic E-state index is 13.1. The monoisotopic (exact) mass is 447 g/mol. The Morgan fingerprint density at radius 3 is 2.32 bits per heavy atom. The van der Waals surface area contributed by atoms with Crippen LogP contribution in [-0.4, -0.2) is 55.6 Å². The highest BCUT2D eigenvalue weighted by Gasteiger charge is 2.27. The summed E-state index contributed by atoms with van der Waals surface area (Å²) in [5.74, 6) is -2.11. The SMILES string of the molecule is O=C(C=Cc1cc(F)cc(F)c1)NCC1CCN(CCNC(=O)CCC(F)(F)F)CC1. The first-order valence-corrected chi connectivity index (χ1v) is 10.1. The quantitative estimate of drug-likeness (QED) is 0.451. The Morgan fingerprint density at radius 1 is 1.06 bits per heavy atom. The van der Waals surface area contributed by atoms with Crippen molar-refractivity contribution in [2.24, 2.45) is 5.92 Å². The number of rotatable bonds is 9. The van der Waals surface area contributed by atoms with E-state index in [0.717, 1.165) is 44.1 Å². The van der Waals surface area contributed by atoms with Crippen molar-refractivity contribution in [2.75, 3.05) is 32.7 Å². The third kappa shape index (κ3) is 10.4. The first-order valence-electron chi connectivity index (χ1n) is 10.1. The molecule has 1 saturated heterocycles. The lowest BCUT2D eigenvalue weighted by Crippen LogP contribution is -2.41. The summed E-state index contributed by atoms with van der Waals surface area (Å²) in [6, 6.07) is 3.01. The van der Waals surface area contributed by atoms with Crippen LogP contribution in [0.25, 0.3) is 6.08 Å². The van der Waals surface area contributed by atoms with Crippen LogP contribution in [-0.2, 0) is 9.59 Å². The molecule has 1 heterocycles. The van der Waals surface area contributed by atoms with Crippen molar-refractivity contribution in [3.05, 3.63) is 41.5 Å². The molecule has 0 atom stereocenters. The van der Waals surface area contributed by atoms with Crippen LogP contribution in [0.3, 0.4) is 0 Å². The minimum absolute atomic E-state index is 0.256. The van der Waals surface area contributed by atoms with E-state index in [-0.39, 0.29) is 17.4 Å². The van der Waals surface area contributed by atoms with Gasteiger partial charge in [0, 0.05) is 38.2 Å². The molecule has 1 fully saturated rings. The van der Waals surface area contributed by atoms with E-state index in [1.165, 1.54) is 12.2 Å². The van der Waals surface area contributed by atoms with Gasteiger partial charge in [-0.15, -0.1) is 0 Å². The number of halogens is 5. The molecule has 1 aliphatic rings. The Bertz CT molecular complexity index is 755. The number of benzene rings is 1. The lowest BCUT2D eigenvalue weighted by atomic mass is 9.97. The van der Waals surface area contributed by atoms with Gasteiger partial charge in [-0.3, -0.25) is 9.59 Å². The van der Waals surface area contributed by atoms with Crippen LogP contribution < -0.4 is 10.6 Å². The summed E-state index contributed by atoms with van der Waals surface area (Å²) in [5.41, 5.74) is 0.256. The zero-order valence-electron chi connectivity index (χ0n) is 17.0. The first-order chi connectivity index (χ1) is 14.6. The second-order valence-corrected chi connectivity index (χ2v) is 7.53. The summed E-state index contributed by atoms with van der Waals surface area (Å²) in [4.78, 5) is 25.4. The van der Waals surface area contributed by atoms with Gasteiger partial charge in [0.15, 0.2) is 0 Å². The average molecular weight is 447 g/mol. The molecule has 0 bridgehead atoms. The lowest BCUT2D eigenvalue weighted by Gasteiger charge is -2.31. The van der Waals surface area contributed by atoms with Crippen LogP contribution in [0.1, 0.15) is 31.2 Å². The fraction of sp³-hybridized carbons (Fsp3) is 0.524. The van der Waals surface area contributed by atoms with Crippen molar-refractivity contribution in [3.8, 4) is 0 Å². The molecule has 1 aromatic carbocycles. The fourth-order valence-electron chi connectivity index (χ4n) is 3.26. The third-order valence-corrected chi connectivity index (χ3v) is 4.97. The number of nitrogens with one attached hydrogen (secondary N) is 2. The Kier molecular flexibility index (Phi) is 9.42. The molecule has 172 valence electrons. The van der Waals surface area contributed by atoms with Crippen LogP contribution in [0, 0.1) is 17.6 Å². The zero-order chi connectivity index (χ0) is 22.9. The minimum atomic E-state index is -4.33. The largest absolute Gasteiger partial charge is 0.389 e. The highest BCUT2D eigenvalue weighted by Crippen LogP contribution is 2.21. The zero-order valence-corrected chi connectivity index (χ0v) is 17.0. The number of likely N-dealkylation sites (tertiary alicyclic amines) is 1. The Balaban J connectivity index is 1.59. The molecule has 31 heavy (non-hydrogen) atoms. The van der Waals surface area contributed by atoms with Crippen molar-refractivity contribution in [1.82, 2.24) is 15.5 Å². The number of hydrogen-bond acceptors (Lipinski definition) is 3. The van der Waals surface area contributed by atoms with E-state index in [1.807, 2.05) is 0 Å². The van der Waals surface area contributed by atoms with Gasteiger partial charge >= 0.3 is 6.18 Å². The second-order valence-electron chi connectivity index (χ2n) is 7.53. The number of alkyl halides is 3. The number of hydrogen-bond donors (Lipinski definition) is 2. The Morgan fingerprint density at radius 2 is 1.71 bits per heavy atom. The van der Waals surface area contributed by atoms with Crippen LogP contribution >= 0.6 is 0 Å². The molecule has 5 nitrogen and oxygen atoms in total. The molecule has 0 saturated carbocycles. The van der Waals surface area contributed by atoms with E-state index >= 15 is 0 Å². The fourth-order valence-corrected chi connectivity index (χ4v) is 3.26. The molecule has 2 N–H and O–H groups in total. The van der Waals surface area contributed by atoms with E-state index in [9.17, 15) is 31.5 Å². The van der Waals surface area contributed by atoms with Crippen molar-refractivity contribution < 1.29 is 31.5 Å². The van der Waals surface area contributed by atoms with Gasteiger partial charge in [-0.05, 0) is 55.6 Å². The highest BCUT2D eigenvalue weighted by atomic mass is 19.4. The predicted octanol–water partition coefficient (Wildman–Crippen LogP) is 3.26. The van der Waals surface area contributed by atoms with Gasteiger partial charge in [-0.1, -0.05) is 0 Å². The number of carbonyl (C=O) groups excluding carboxylic acids is 2. The molecule has 1 aromatic rings. The first kappa shape index (κ1) is 24.8. The summed E-state index contributed by atoms with van der Waals surface area (Å²) in [5, 5.41) is 5.27.